The number of fused-ring (bicyclic) bond motifs is 1. The number of anilines is 1. The van der Waals surface area contributed by atoms with Gasteiger partial charge in [0.2, 0.25) is 6.79 Å². The van der Waals surface area contributed by atoms with Crippen LogP contribution in [0, 0.1) is 6.92 Å². The highest BCUT2D eigenvalue weighted by Crippen LogP contribution is 2.35. The van der Waals surface area contributed by atoms with Crippen molar-refractivity contribution < 1.29 is 28.6 Å². The van der Waals surface area contributed by atoms with Crippen LogP contribution in [0.15, 0.2) is 48.5 Å². The molecule has 0 fully saturated rings. The Bertz CT molecular complexity index is 1210. The molecule has 0 unspecified atom stereocenters. The number of rotatable bonds is 7. The van der Waals surface area contributed by atoms with Crippen molar-refractivity contribution in [2.75, 3.05) is 25.8 Å². The average molecular weight is 467 g/mol. The molecule has 33 heavy (non-hydrogen) atoms. The van der Waals surface area contributed by atoms with Gasteiger partial charge in [-0.2, -0.15) is 0 Å². The van der Waals surface area contributed by atoms with E-state index < -0.39 is 11.9 Å². The van der Waals surface area contributed by atoms with Crippen molar-refractivity contribution in [3.63, 3.8) is 0 Å². The van der Waals surface area contributed by atoms with E-state index in [1.807, 2.05) is 30.3 Å². The van der Waals surface area contributed by atoms with Crippen LogP contribution in [0.25, 0.3) is 0 Å². The summed E-state index contributed by atoms with van der Waals surface area (Å²) < 4.78 is 15.5. The first-order valence-corrected chi connectivity index (χ1v) is 11.0. The van der Waals surface area contributed by atoms with Gasteiger partial charge in [-0.1, -0.05) is 30.3 Å². The molecule has 4 rings (SSSR count). The van der Waals surface area contributed by atoms with Crippen molar-refractivity contribution in [2.24, 2.45) is 0 Å². The molecule has 1 aromatic heterocycles. The molecule has 0 atom stereocenters. The first kappa shape index (κ1) is 22.3. The van der Waals surface area contributed by atoms with E-state index in [4.69, 9.17) is 14.2 Å². The molecule has 3 aromatic rings. The Morgan fingerprint density at radius 2 is 1.79 bits per heavy atom. The topological polar surface area (TPSA) is 103 Å². The highest BCUT2D eigenvalue weighted by atomic mass is 32.1. The van der Waals surface area contributed by atoms with Gasteiger partial charge >= 0.3 is 5.97 Å². The third-order valence-electron chi connectivity index (χ3n) is 5.15. The predicted molar refractivity (Wildman–Crippen MR) is 123 cm³/mol. The quantitative estimate of drug-likeness (QED) is 0.514. The lowest BCUT2D eigenvalue weighted by molar-refractivity contribution is 0.0601. The van der Waals surface area contributed by atoms with Crippen LogP contribution in [-0.4, -0.2) is 38.2 Å². The summed E-state index contributed by atoms with van der Waals surface area (Å²) in [6.45, 7) is 2.19. The van der Waals surface area contributed by atoms with Crippen molar-refractivity contribution in [2.45, 2.75) is 13.3 Å². The Kier molecular flexibility index (Phi) is 6.60. The molecule has 1 aliphatic rings. The fourth-order valence-corrected chi connectivity index (χ4v) is 4.53. The lowest BCUT2D eigenvalue weighted by Gasteiger charge is -2.07. The van der Waals surface area contributed by atoms with Gasteiger partial charge in [-0.15, -0.1) is 11.3 Å². The first-order chi connectivity index (χ1) is 16.0. The number of thiophene rings is 1. The number of hydrogen-bond donors (Lipinski definition) is 2. The van der Waals surface area contributed by atoms with Crippen molar-refractivity contribution in [3.8, 4) is 11.5 Å². The number of amides is 2. The van der Waals surface area contributed by atoms with E-state index in [0.29, 0.717) is 40.5 Å². The number of methoxy groups -OCH3 is 1. The maximum atomic E-state index is 12.8. The van der Waals surface area contributed by atoms with Crippen LogP contribution >= 0.6 is 11.3 Å². The lowest BCUT2D eigenvalue weighted by Crippen LogP contribution is -2.25. The van der Waals surface area contributed by atoms with Gasteiger partial charge in [-0.05, 0) is 42.7 Å². The number of ether oxygens (including phenoxy) is 3. The summed E-state index contributed by atoms with van der Waals surface area (Å²) in [6.07, 6.45) is 0.675. The zero-order chi connectivity index (χ0) is 23.4. The van der Waals surface area contributed by atoms with Gasteiger partial charge in [0.15, 0.2) is 11.5 Å². The second-order valence-corrected chi connectivity index (χ2v) is 8.29. The highest BCUT2D eigenvalue weighted by molar-refractivity contribution is 7.18. The minimum atomic E-state index is -0.631. The molecule has 0 spiro atoms. The van der Waals surface area contributed by atoms with E-state index in [-0.39, 0.29) is 23.3 Å². The first-order valence-electron chi connectivity index (χ1n) is 10.2. The molecule has 9 heteroatoms. The number of nitrogens with one attached hydrogen (secondary N) is 2. The molecule has 0 saturated heterocycles. The molecule has 8 nitrogen and oxygen atoms in total. The number of carbonyl (C=O) groups is 3. The highest BCUT2D eigenvalue weighted by Gasteiger charge is 2.27. The summed E-state index contributed by atoms with van der Waals surface area (Å²) in [5.41, 5.74) is 2.04. The van der Waals surface area contributed by atoms with Crippen molar-refractivity contribution in [1.29, 1.82) is 0 Å². The summed E-state index contributed by atoms with van der Waals surface area (Å²) in [5.74, 6) is -0.370. The molecule has 0 bridgehead atoms. The number of hydrogen-bond acceptors (Lipinski definition) is 7. The second-order valence-electron chi connectivity index (χ2n) is 7.27. The van der Waals surface area contributed by atoms with Crippen LogP contribution in [-0.2, 0) is 11.2 Å². The molecule has 0 aliphatic carbocycles. The van der Waals surface area contributed by atoms with Gasteiger partial charge in [-0.3, -0.25) is 9.59 Å². The lowest BCUT2D eigenvalue weighted by atomic mass is 10.1. The number of benzene rings is 2. The fraction of sp³-hybridized carbons (Fsp3) is 0.208. The van der Waals surface area contributed by atoms with E-state index >= 15 is 0 Å². The standard InChI is InChI=1S/C24H22N2O6S/c1-14-19(24(29)30-2)23(26-21(27)16-8-9-17-18(12-16)32-13-31-17)33-20(14)22(28)25-11-10-15-6-4-3-5-7-15/h3-9,12H,10-11,13H2,1-2H3,(H,25,28)(H,26,27). The van der Waals surface area contributed by atoms with Gasteiger partial charge in [-0.25, -0.2) is 4.79 Å². The summed E-state index contributed by atoms with van der Waals surface area (Å²) >= 11 is 1.03. The van der Waals surface area contributed by atoms with E-state index in [9.17, 15) is 14.4 Å². The molecule has 2 aromatic carbocycles. The molecular formula is C24H22N2O6S. The molecule has 2 amide bonds. The zero-order valence-electron chi connectivity index (χ0n) is 18.1. The van der Waals surface area contributed by atoms with Crippen LogP contribution in [0.3, 0.4) is 0 Å². The Balaban J connectivity index is 1.52. The maximum Gasteiger partial charge on any atom is 0.341 e. The van der Waals surface area contributed by atoms with E-state index in [0.717, 1.165) is 16.9 Å². The molecule has 0 radical (unpaired) electrons. The minimum Gasteiger partial charge on any atom is -0.465 e. The zero-order valence-corrected chi connectivity index (χ0v) is 18.9. The third kappa shape index (κ3) is 4.83. The van der Waals surface area contributed by atoms with Gasteiger partial charge in [0, 0.05) is 12.1 Å². The normalized spacial score (nSPS) is 11.7. The molecular weight excluding hydrogens is 444 g/mol. The SMILES string of the molecule is COC(=O)c1c(NC(=O)c2ccc3c(c2)OCO3)sc(C(=O)NCCc2ccccc2)c1C. The predicted octanol–water partition coefficient (Wildman–Crippen LogP) is 3.80. The smallest absolute Gasteiger partial charge is 0.341 e. The number of esters is 1. The van der Waals surface area contributed by atoms with Gasteiger partial charge in [0.25, 0.3) is 11.8 Å². The Labute approximate surface area is 194 Å². The van der Waals surface area contributed by atoms with Crippen LogP contribution in [0.1, 0.15) is 41.5 Å². The molecule has 0 saturated carbocycles. The van der Waals surface area contributed by atoms with Crippen molar-refractivity contribution >= 4 is 34.1 Å². The summed E-state index contributed by atoms with van der Waals surface area (Å²) in [6, 6.07) is 14.6. The summed E-state index contributed by atoms with van der Waals surface area (Å²) in [5, 5.41) is 5.85. The maximum absolute atomic E-state index is 12.8. The Morgan fingerprint density at radius 1 is 1.03 bits per heavy atom. The van der Waals surface area contributed by atoms with Gasteiger partial charge < -0.3 is 24.8 Å². The van der Waals surface area contributed by atoms with Gasteiger partial charge in [0.05, 0.1) is 17.6 Å². The van der Waals surface area contributed by atoms with Crippen LogP contribution < -0.4 is 20.1 Å². The monoisotopic (exact) mass is 466 g/mol. The Hall–Kier alpha value is -3.85. The molecule has 2 heterocycles. The third-order valence-corrected chi connectivity index (χ3v) is 6.35. The van der Waals surface area contributed by atoms with Crippen molar-refractivity contribution in [3.05, 3.63) is 75.7 Å². The molecule has 2 N–H and O–H groups in total. The molecule has 1 aliphatic heterocycles. The fourth-order valence-electron chi connectivity index (χ4n) is 3.42. The summed E-state index contributed by atoms with van der Waals surface area (Å²) in [4.78, 5) is 38.4. The minimum absolute atomic E-state index is 0.0970. The van der Waals surface area contributed by atoms with Crippen LogP contribution in [0.5, 0.6) is 11.5 Å². The second kappa shape index (κ2) is 9.74. The van der Waals surface area contributed by atoms with E-state index in [1.165, 1.54) is 7.11 Å². The van der Waals surface area contributed by atoms with Gasteiger partial charge in [0.1, 0.15) is 5.00 Å². The number of carbonyl (C=O) groups excluding carboxylic acids is 3. The Morgan fingerprint density at radius 3 is 2.55 bits per heavy atom. The van der Waals surface area contributed by atoms with E-state index in [2.05, 4.69) is 10.6 Å². The van der Waals surface area contributed by atoms with Crippen LogP contribution in [0.2, 0.25) is 0 Å². The largest absolute Gasteiger partial charge is 0.465 e. The average Bonchev–Trinajstić information content (AvgIpc) is 3.42. The summed E-state index contributed by atoms with van der Waals surface area (Å²) in [7, 11) is 1.25. The molecule has 170 valence electrons. The van der Waals surface area contributed by atoms with E-state index in [1.54, 1.807) is 25.1 Å². The van der Waals surface area contributed by atoms with Crippen molar-refractivity contribution in [1.82, 2.24) is 5.32 Å². The van der Waals surface area contributed by atoms with Crippen LogP contribution in [0.4, 0.5) is 5.00 Å².